The number of hydrogen-bond acceptors (Lipinski definition) is 8. The molecule has 1 aliphatic carbocycles. The number of benzene rings is 2. The van der Waals surface area contributed by atoms with Crippen molar-refractivity contribution in [2.24, 2.45) is 0 Å². The summed E-state index contributed by atoms with van der Waals surface area (Å²) in [6.07, 6.45) is 2.52. The Balaban J connectivity index is 1.92. The van der Waals surface area contributed by atoms with Gasteiger partial charge in [-0.3, -0.25) is 14.8 Å². The monoisotopic (exact) mass is 539 g/mol. The smallest absolute Gasteiger partial charge is 0.264 e. The van der Waals surface area contributed by atoms with Crippen molar-refractivity contribution in [3.05, 3.63) is 48.5 Å². The van der Waals surface area contributed by atoms with Gasteiger partial charge in [0.2, 0.25) is 15.9 Å². The maximum absolute atomic E-state index is 13.7. The zero-order chi connectivity index (χ0) is 26.7. The molecule has 2 aromatic carbocycles. The van der Waals surface area contributed by atoms with Crippen molar-refractivity contribution >= 4 is 31.7 Å². The number of amides is 2. The van der Waals surface area contributed by atoms with Crippen molar-refractivity contribution in [2.45, 2.75) is 41.0 Å². The van der Waals surface area contributed by atoms with Crippen LogP contribution in [0.5, 0.6) is 11.5 Å². The summed E-state index contributed by atoms with van der Waals surface area (Å²) in [5.74, 6) is -0.762. The first-order valence-corrected chi connectivity index (χ1v) is 14.4. The highest BCUT2D eigenvalue weighted by Crippen LogP contribution is 2.39. The molecule has 1 fully saturated rings. The van der Waals surface area contributed by atoms with Crippen LogP contribution in [-0.4, -0.2) is 75.5 Å². The lowest BCUT2D eigenvalue weighted by Gasteiger charge is -2.38. The minimum Gasteiger partial charge on any atom is -0.457 e. The Bertz CT molecular complexity index is 1320. The van der Waals surface area contributed by atoms with E-state index in [1.807, 2.05) is 0 Å². The Kier molecular flexibility index (Phi) is 8.08. The molecule has 0 heterocycles. The molecule has 3 rings (SSSR count). The fourth-order valence-electron chi connectivity index (χ4n) is 4.08. The Hall–Kier alpha value is -3.00. The molecular weight excluding hydrogens is 510 g/mol. The normalized spacial score (nSPS) is 15.5. The van der Waals surface area contributed by atoms with Crippen LogP contribution in [0.4, 0.5) is 0 Å². The summed E-state index contributed by atoms with van der Waals surface area (Å²) in [7, 11) is -4.74. The summed E-state index contributed by atoms with van der Waals surface area (Å²) in [6.45, 7) is -0.576. The second-order valence-electron chi connectivity index (χ2n) is 8.80. The zero-order valence-corrected chi connectivity index (χ0v) is 21.8. The molecule has 0 radical (unpaired) electrons. The van der Waals surface area contributed by atoms with E-state index >= 15 is 0 Å². The molecule has 11 nitrogen and oxygen atoms in total. The van der Waals surface area contributed by atoms with Gasteiger partial charge < -0.3 is 9.64 Å². The second kappa shape index (κ2) is 10.5. The number of likely N-dealkylation sites (N-methyl/N-ethyl adjacent to an activating group) is 1. The van der Waals surface area contributed by atoms with Gasteiger partial charge in [-0.1, -0.05) is 12.8 Å². The van der Waals surface area contributed by atoms with Crippen LogP contribution in [0.2, 0.25) is 0 Å². The number of rotatable bonds is 9. The van der Waals surface area contributed by atoms with Gasteiger partial charge in [0.15, 0.2) is 9.84 Å². The fourth-order valence-corrected chi connectivity index (χ4v) is 6.45. The van der Waals surface area contributed by atoms with Gasteiger partial charge in [0.25, 0.3) is 5.91 Å². The zero-order valence-electron chi connectivity index (χ0n) is 20.2. The van der Waals surface area contributed by atoms with Crippen molar-refractivity contribution < 1.29 is 36.4 Å². The Morgan fingerprint density at radius 2 is 1.39 bits per heavy atom. The van der Waals surface area contributed by atoms with Crippen LogP contribution in [0.25, 0.3) is 0 Å². The maximum atomic E-state index is 13.7. The fraction of sp³-hybridized carbons (Fsp3) is 0.391. The molecule has 36 heavy (non-hydrogen) atoms. The molecule has 0 unspecified atom stereocenters. The highest BCUT2D eigenvalue weighted by Gasteiger charge is 2.52. The first-order chi connectivity index (χ1) is 16.8. The molecule has 196 valence electrons. The summed E-state index contributed by atoms with van der Waals surface area (Å²) in [5, 5.41) is 9.36. The summed E-state index contributed by atoms with van der Waals surface area (Å²) in [6, 6.07) is 11.2. The molecule has 0 spiro atoms. The molecule has 0 aromatic heterocycles. The van der Waals surface area contributed by atoms with Crippen molar-refractivity contribution in [1.82, 2.24) is 14.7 Å². The lowest BCUT2D eigenvalue weighted by Crippen LogP contribution is -2.60. The van der Waals surface area contributed by atoms with Gasteiger partial charge in [-0.05, 0) is 61.4 Å². The highest BCUT2D eigenvalue weighted by molar-refractivity contribution is 7.90. The van der Waals surface area contributed by atoms with Gasteiger partial charge in [0, 0.05) is 20.4 Å². The molecule has 2 aromatic rings. The molecule has 0 bridgehead atoms. The van der Waals surface area contributed by atoms with E-state index in [1.165, 1.54) is 67.5 Å². The number of hydroxylamine groups is 1. The Morgan fingerprint density at radius 1 is 0.917 bits per heavy atom. The number of carbonyl (C=O) groups excluding carboxylic acids is 2. The third kappa shape index (κ3) is 5.69. The SMILES string of the molecule is CN(C)C(=O)CN(C1(C(=O)NO)CCCC1)S(=O)(=O)c1ccc(Oc2ccc(S(C)(=O)=O)cc2)cc1. The lowest BCUT2D eigenvalue weighted by molar-refractivity contribution is -0.141. The number of sulfonamides is 1. The molecular formula is C23H29N3O8S2. The summed E-state index contributed by atoms with van der Waals surface area (Å²) >= 11 is 0. The standard InChI is InChI=1S/C23H29N3O8S2/c1-25(2)21(27)16-26(23(22(28)24-29)14-4-5-15-23)36(32,33)20-12-8-18(9-13-20)34-17-6-10-19(11-7-17)35(3,30)31/h6-13,29H,4-5,14-16H2,1-3H3,(H,24,28). The van der Waals surface area contributed by atoms with E-state index in [0.29, 0.717) is 24.3 Å². The number of hydrogen-bond donors (Lipinski definition) is 2. The molecule has 2 amide bonds. The number of nitrogens with one attached hydrogen (secondary N) is 1. The van der Waals surface area contributed by atoms with Crippen LogP contribution in [0.3, 0.4) is 0 Å². The number of nitrogens with zero attached hydrogens (tertiary/aromatic N) is 2. The lowest BCUT2D eigenvalue weighted by atomic mass is 9.96. The van der Waals surface area contributed by atoms with Gasteiger partial charge in [-0.25, -0.2) is 22.3 Å². The van der Waals surface area contributed by atoms with Crippen LogP contribution in [0.15, 0.2) is 58.3 Å². The van der Waals surface area contributed by atoms with E-state index in [2.05, 4.69) is 0 Å². The summed E-state index contributed by atoms with van der Waals surface area (Å²) in [4.78, 5) is 26.5. The largest absolute Gasteiger partial charge is 0.457 e. The third-order valence-corrected chi connectivity index (χ3v) is 9.16. The van der Waals surface area contributed by atoms with Crippen LogP contribution in [0, 0.1) is 0 Å². The van der Waals surface area contributed by atoms with Crippen molar-refractivity contribution in [3.8, 4) is 11.5 Å². The van der Waals surface area contributed by atoms with E-state index < -0.39 is 43.8 Å². The van der Waals surface area contributed by atoms with E-state index in [4.69, 9.17) is 4.74 Å². The van der Waals surface area contributed by atoms with Crippen molar-refractivity contribution in [2.75, 3.05) is 26.9 Å². The first-order valence-electron chi connectivity index (χ1n) is 11.1. The highest BCUT2D eigenvalue weighted by atomic mass is 32.2. The van der Waals surface area contributed by atoms with Gasteiger partial charge in [-0.2, -0.15) is 4.31 Å². The van der Waals surface area contributed by atoms with E-state index in [1.54, 1.807) is 5.48 Å². The van der Waals surface area contributed by atoms with Gasteiger partial charge >= 0.3 is 0 Å². The predicted octanol–water partition coefficient (Wildman–Crippen LogP) is 1.78. The van der Waals surface area contributed by atoms with Gasteiger partial charge in [0.05, 0.1) is 16.3 Å². The van der Waals surface area contributed by atoms with Crippen molar-refractivity contribution in [1.29, 1.82) is 0 Å². The van der Waals surface area contributed by atoms with Crippen LogP contribution < -0.4 is 10.2 Å². The van der Waals surface area contributed by atoms with E-state index in [-0.39, 0.29) is 22.6 Å². The molecule has 0 saturated heterocycles. The van der Waals surface area contributed by atoms with E-state index in [0.717, 1.165) is 10.6 Å². The topological polar surface area (TPSA) is 150 Å². The molecule has 1 saturated carbocycles. The number of carbonyl (C=O) groups is 2. The minimum absolute atomic E-state index is 0.136. The van der Waals surface area contributed by atoms with Gasteiger partial charge in [-0.15, -0.1) is 0 Å². The van der Waals surface area contributed by atoms with Crippen molar-refractivity contribution in [3.63, 3.8) is 0 Å². The third-order valence-electron chi connectivity index (χ3n) is 6.11. The second-order valence-corrected chi connectivity index (χ2v) is 12.7. The van der Waals surface area contributed by atoms with Crippen LogP contribution >= 0.6 is 0 Å². The summed E-state index contributed by atoms with van der Waals surface area (Å²) < 4.78 is 57.2. The number of ether oxygens (including phenoxy) is 1. The Labute approximate surface area is 210 Å². The summed E-state index contributed by atoms with van der Waals surface area (Å²) in [5.41, 5.74) is -0.0252. The average molecular weight is 540 g/mol. The van der Waals surface area contributed by atoms with Crippen LogP contribution in [-0.2, 0) is 29.4 Å². The predicted molar refractivity (Wildman–Crippen MR) is 130 cm³/mol. The molecule has 1 aliphatic rings. The number of sulfone groups is 1. The van der Waals surface area contributed by atoms with Gasteiger partial charge in [0.1, 0.15) is 17.0 Å². The molecule has 0 atom stereocenters. The molecule has 2 N–H and O–H groups in total. The van der Waals surface area contributed by atoms with E-state index in [9.17, 15) is 31.6 Å². The maximum Gasteiger partial charge on any atom is 0.264 e. The first kappa shape index (κ1) is 27.6. The molecule has 13 heteroatoms. The average Bonchev–Trinajstić information content (AvgIpc) is 3.32. The minimum atomic E-state index is -4.35. The Morgan fingerprint density at radius 3 is 1.81 bits per heavy atom. The quantitative estimate of drug-likeness (QED) is 0.362. The van der Waals surface area contributed by atoms with Crippen LogP contribution in [0.1, 0.15) is 25.7 Å². The molecule has 0 aliphatic heterocycles.